The van der Waals surface area contributed by atoms with Gasteiger partial charge in [-0.1, -0.05) is 11.6 Å². The van der Waals surface area contributed by atoms with Gasteiger partial charge in [0.05, 0.1) is 18.0 Å². The molecular formula is C21H23NO5S. The van der Waals surface area contributed by atoms with Gasteiger partial charge in [-0.25, -0.2) is 9.59 Å². The number of benzene rings is 1. The van der Waals surface area contributed by atoms with Gasteiger partial charge in [0.25, 0.3) is 0 Å². The van der Waals surface area contributed by atoms with E-state index in [0.717, 1.165) is 26.7 Å². The third-order valence-electron chi connectivity index (χ3n) is 4.04. The number of pyridine rings is 1. The van der Waals surface area contributed by atoms with E-state index in [2.05, 4.69) is 11.1 Å². The summed E-state index contributed by atoms with van der Waals surface area (Å²) in [6.45, 7) is 9.06. The Balaban J connectivity index is 2.11. The summed E-state index contributed by atoms with van der Waals surface area (Å²) >= 11 is 1.28. The van der Waals surface area contributed by atoms with Crippen LogP contribution < -0.4 is 4.74 Å². The summed E-state index contributed by atoms with van der Waals surface area (Å²) in [7, 11) is 1.31. The Morgan fingerprint density at radius 3 is 2.50 bits per heavy atom. The lowest BCUT2D eigenvalue weighted by molar-refractivity contribution is -0.157. The highest BCUT2D eigenvalue weighted by molar-refractivity contribution is 7.22. The zero-order chi connectivity index (χ0) is 20.6. The molecule has 0 saturated carbocycles. The fourth-order valence-corrected chi connectivity index (χ4v) is 4.21. The maximum absolute atomic E-state index is 12.3. The predicted octanol–water partition coefficient (Wildman–Crippen LogP) is 4.57. The number of methoxy groups -OCH3 is 1. The van der Waals surface area contributed by atoms with Crippen molar-refractivity contribution in [3.8, 4) is 5.75 Å². The van der Waals surface area contributed by atoms with Crippen LogP contribution in [0, 0.1) is 13.8 Å². The second-order valence-electron chi connectivity index (χ2n) is 7.61. The number of hydrogen-bond donors (Lipinski definition) is 0. The first-order valence-electron chi connectivity index (χ1n) is 8.86. The molecule has 28 heavy (non-hydrogen) atoms. The zero-order valence-electron chi connectivity index (χ0n) is 16.8. The monoisotopic (exact) mass is 401 g/mol. The Morgan fingerprint density at radius 1 is 1.14 bits per heavy atom. The fraction of sp³-hybridized carbons (Fsp3) is 0.381. The molecule has 0 bridgehead atoms. The molecule has 0 atom stereocenters. The number of rotatable bonds is 4. The third-order valence-corrected chi connectivity index (χ3v) is 5.24. The minimum absolute atomic E-state index is 0.297. The molecule has 3 aromatic rings. The van der Waals surface area contributed by atoms with Crippen LogP contribution in [0.1, 0.15) is 41.6 Å². The van der Waals surface area contributed by atoms with Crippen molar-refractivity contribution >= 4 is 44.3 Å². The van der Waals surface area contributed by atoms with Crippen molar-refractivity contribution < 1.29 is 23.8 Å². The lowest BCUT2D eigenvalue weighted by Crippen LogP contribution is -2.27. The number of ether oxygens (including phenoxy) is 3. The highest BCUT2D eigenvalue weighted by atomic mass is 32.1. The Kier molecular flexibility index (Phi) is 5.30. The van der Waals surface area contributed by atoms with E-state index in [1.165, 1.54) is 18.4 Å². The normalized spacial score (nSPS) is 11.6. The van der Waals surface area contributed by atoms with Crippen LogP contribution in [0.4, 0.5) is 0 Å². The second-order valence-corrected chi connectivity index (χ2v) is 8.63. The van der Waals surface area contributed by atoms with Crippen molar-refractivity contribution in [3.63, 3.8) is 0 Å². The molecule has 2 aromatic heterocycles. The quantitative estimate of drug-likeness (QED) is 0.596. The van der Waals surface area contributed by atoms with E-state index < -0.39 is 17.5 Å². The average Bonchev–Trinajstić information content (AvgIpc) is 2.96. The van der Waals surface area contributed by atoms with Crippen molar-refractivity contribution in [1.82, 2.24) is 4.98 Å². The molecule has 0 unspecified atom stereocenters. The van der Waals surface area contributed by atoms with E-state index in [4.69, 9.17) is 14.2 Å². The van der Waals surface area contributed by atoms with Crippen LogP contribution in [-0.2, 0) is 14.3 Å². The smallest absolute Gasteiger partial charge is 0.351 e. The lowest BCUT2D eigenvalue weighted by atomic mass is 10.1. The summed E-state index contributed by atoms with van der Waals surface area (Å²) in [5.41, 5.74) is 2.41. The van der Waals surface area contributed by atoms with Crippen LogP contribution in [0.3, 0.4) is 0 Å². The van der Waals surface area contributed by atoms with Crippen molar-refractivity contribution in [3.05, 3.63) is 34.3 Å². The highest BCUT2D eigenvalue weighted by Crippen LogP contribution is 2.42. The molecule has 148 valence electrons. The van der Waals surface area contributed by atoms with E-state index in [0.29, 0.717) is 16.0 Å². The Hall–Kier alpha value is -2.67. The Morgan fingerprint density at radius 2 is 1.86 bits per heavy atom. The Labute approximate surface area is 167 Å². The molecule has 6 nitrogen and oxygen atoms in total. The van der Waals surface area contributed by atoms with Crippen LogP contribution >= 0.6 is 11.3 Å². The van der Waals surface area contributed by atoms with Crippen molar-refractivity contribution in [2.24, 2.45) is 0 Å². The number of carbonyl (C=O) groups excluding carboxylic acids is 2. The number of aryl methyl sites for hydroxylation is 2. The SMILES string of the molecule is COC(=O)c1sc2c(cnc3c(C)cc(C)cc32)c1OCC(=O)OC(C)(C)C. The van der Waals surface area contributed by atoms with Crippen LogP contribution in [0.25, 0.3) is 21.0 Å². The number of fused-ring (bicyclic) bond motifs is 3. The number of carbonyl (C=O) groups is 2. The molecule has 0 fully saturated rings. The summed E-state index contributed by atoms with van der Waals surface area (Å²) in [6.07, 6.45) is 1.67. The molecule has 0 radical (unpaired) electrons. The van der Waals surface area contributed by atoms with Gasteiger partial charge in [-0.2, -0.15) is 0 Å². The van der Waals surface area contributed by atoms with E-state index in [9.17, 15) is 9.59 Å². The second kappa shape index (κ2) is 7.39. The summed E-state index contributed by atoms with van der Waals surface area (Å²) < 4.78 is 16.8. The minimum atomic E-state index is -0.616. The van der Waals surface area contributed by atoms with E-state index >= 15 is 0 Å². The van der Waals surface area contributed by atoms with Gasteiger partial charge >= 0.3 is 11.9 Å². The number of esters is 2. The lowest BCUT2D eigenvalue weighted by Gasteiger charge is -2.19. The van der Waals surface area contributed by atoms with Crippen LogP contribution in [0.2, 0.25) is 0 Å². The van der Waals surface area contributed by atoms with E-state index in [1.54, 1.807) is 27.0 Å². The van der Waals surface area contributed by atoms with Crippen LogP contribution in [-0.4, -0.2) is 36.2 Å². The van der Waals surface area contributed by atoms with Gasteiger partial charge in [0.2, 0.25) is 0 Å². The molecule has 0 spiro atoms. The summed E-state index contributed by atoms with van der Waals surface area (Å²) in [4.78, 5) is 29.2. The molecule has 1 aromatic carbocycles. The van der Waals surface area contributed by atoms with Gasteiger partial charge in [-0.3, -0.25) is 4.98 Å². The van der Waals surface area contributed by atoms with Crippen molar-refractivity contribution in [2.45, 2.75) is 40.2 Å². The van der Waals surface area contributed by atoms with Gasteiger partial charge in [0, 0.05) is 16.3 Å². The van der Waals surface area contributed by atoms with Crippen molar-refractivity contribution in [2.75, 3.05) is 13.7 Å². The standard InChI is InChI=1S/C21H23NO5S/c1-11-7-12(2)16-13(8-11)18-14(9-22-16)17(19(28-18)20(24)25-6)26-10-15(23)27-21(3,4)5/h7-9H,10H2,1-6H3. The topological polar surface area (TPSA) is 74.7 Å². The first kappa shape index (κ1) is 20.1. The molecule has 0 aliphatic carbocycles. The summed E-state index contributed by atoms with van der Waals surface area (Å²) in [6, 6.07) is 4.10. The first-order chi connectivity index (χ1) is 13.1. The number of thiophene rings is 1. The Bertz CT molecular complexity index is 1080. The number of hydrogen-bond acceptors (Lipinski definition) is 7. The maximum Gasteiger partial charge on any atom is 0.351 e. The minimum Gasteiger partial charge on any atom is -0.479 e. The molecule has 7 heteroatoms. The largest absolute Gasteiger partial charge is 0.479 e. The number of nitrogens with zero attached hydrogens (tertiary/aromatic N) is 1. The molecule has 2 heterocycles. The first-order valence-corrected chi connectivity index (χ1v) is 9.68. The third kappa shape index (κ3) is 3.94. The maximum atomic E-state index is 12.3. The zero-order valence-corrected chi connectivity index (χ0v) is 17.7. The van der Waals surface area contributed by atoms with E-state index in [1.807, 2.05) is 19.9 Å². The van der Waals surface area contributed by atoms with Gasteiger partial charge in [0.1, 0.15) is 5.60 Å². The van der Waals surface area contributed by atoms with Gasteiger partial charge in [-0.05, 0) is 46.2 Å². The predicted molar refractivity (Wildman–Crippen MR) is 109 cm³/mol. The van der Waals surface area contributed by atoms with Gasteiger partial charge in [0.15, 0.2) is 17.2 Å². The summed E-state index contributed by atoms with van der Waals surface area (Å²) in [5.74, 6) is -0.729. The fourth-order valence-electron chi connectivity index (χ4n) is 3.05. The van der Waals surface area contributed by atoms with Gasteiger partial charge < -0.3 is 14.2 Å². The highest BCUT2D eigenvalue weighted by Gasteiger charge is 2.24. The van der Waals surface area contributed by atoms with Crippen LogP contribution in [0.5, 0.6) is 5.75 Å². The van der Waals surface area contributed by atoms with Crippen molar-refractivity contribution in [1.29, 1.82) is 0 Å². The van der Waals surface area contributed by atoms with E-state index in [-0.39, 0.29) is 6.61 Å². The molecule has 0 N–H and O–H groups in total. The molecule has 0 saturated heterocycles. The van der Waals surface area contributed by atoms with Gasteiger partial charge in [-0.15, -0.1) is 11.3 Å². The van der Waals surface area contributed by atoms with Crippen LogP contribution in [0.15, 0.2) is 18.3 Å². The average molecular weight is 401 g/mol. The number of aromatic nitrogens is 1. The molecule has 3 rings (SSSR count). The molecule has 0 amide bonds. The molecular weight excluding hydrogens is 378 g/mol. The molecule has 0 aliphatic heterocycles. The summed E-state index contributed by atoms with van der Waals surface area (Å²) in [5, 5.41) is 1.61. The molecule has 0 aliphatic rings.